The number of fused-ring (bicyclic) bond motifs is 5. The zero-order valence-corrected chi connectivity index (χ0v) is 16.9. The van der Waals surface area contributed by atoms with Crippen molar-refractivity contribution >= 4 is 32.4 Å². The molecule has 0 aliphatic carbocycles. The smallest absolute Gasteiger partial charge is 0.161 e. The first kappa shape index (κ1) is 18.3. The van der Waals surface area contributed by atoms with Crippen molar-refractivity contribution in [3.8, 4) is 17.2 Å². The Bertz CT molecular complexity index is 1360. The molecule has 4 nitrogen and oxygen atoms in total. The number of ether oxygens (including phenoxy) is 3. The van der Waals surface area contributed by atoms with E-state index < -0.39 is 0 Å². The van der Waals surface area contributed by atoms with Gasteiger partial charge in [-0.1, -0.05) is 42.5 Å². The lowest BCUT2D eigenvalue weighted by Gasteiger charge is -2.12. The third kappa shape index (κ3) is 3.16. The summed E-state index contributed by atoms with van der Waals surface area (Å²) < 4.78 is 17.0. The summed E-state index contributed by atoms with van der Waals surface area (Å²) in [6.07, 6.45) is 1.93. The first-order chi connectivity index (χ1) is 14.8. The summed E-state index contributed by atoms with van der Waals surface area (Å²) in [6.45, 7) is 0.532. The standard InChI is InChI=1S/C26H21NO3/c1-28-25-12-18-8-10-20-22-13-19(30-16-17-6-4-3-5-7-17)9-11-24(22)27-15-23(20)21(18)14-26(25)29-2/h3-15H,16H2,1-2H3. The maximum absolute atomic E-state index is 6.04. The van der Waals surface area contributed by atoms with Crippen molar-refractivity contribution in [3.63, 3.8) is 0 Å². The van der Waals surface area contributed by atoms with Gasteiger partial charge in [0.05, 0.1) is 19.7 Å². The Hall–Kier alpha value is -3.79. The van der Waals surface area contributed by atoms with Gasteiger partial charge in [-0.2, -0.15) is 0 Å². The molecule has 1 aromatic heterocycles. The SMILES string of the molecule is COc1cc2ccc3c4cc(OCc5ccccc5)ccc4ncc3c2cc1OC. The van der Waals surface area contributed by atoms with Crippen LogP contribution < -0.4 is 14.2 Å². The van der Waals surface area contributed by atoms with E-state index in [0.717, 1.165) is 49.5 Å². The molecule has 0 N–H and O–H groups in total. The molecule has 5 rings (SSSR count). The van der Waals surface area contributed by atoms with Crippen LogP contribution >= 0.6 is 0 Å². The zero-order valence-electron chi connectivity index (χ0n) is 16.9. The average molecular weight is 395 g/mol. The van der Waals surface area contributed by atoms with Crippen molar-refractivity contribution in [1.29, 1.82) is 0 Å². The minimum atomic E-state index is 0.532. The molecule has 1 heterocycles. The summed E-state index contributed by atoms with van der Waals surface area (Å²) in [5, 5.41) is 5.42. The highest BCUT2D eigenvalue weighted by Crippen LogP contribution is 2.37. The van der Waals surface area contributed by atoms with E-state index in [0.29, 0.717) is 12.4 Å². The molecule has 0 aliphatic rings. The Morgan fingerprint density at radius 1 is 0.700 bits per heavy atom. The number of hydrogen-bond donors (Lipinski definition) is 0. The van der Waals surface area contributed by atoms with Crippen LogP contribution in [0, 0.1) is 0 Å². The summed E-state index contributed by atoms with van der Waals surface area (Å²) in [4.78, 5) is 4.69. The molecule has 0 unspecified atom stereocenters. The average Bonchev–Trinajstić information content (AvgIpc) is 2.81. The van der Waals surface area contributed by atoms with Crippen molar-refractivity contribution in [2.24, 2.45) is 0 Å². The van der Waals surface area contributed by atoms with Crippen molar-refractivity contribution in [2.45, 2.75) is 6.61 Å². The molecule has 0 atom stereocenters. The summed E-state index contributed by atoms with van der Waals surface area (Å²) in [7, 11) is 3.30. The fraction of sp³-hybridized carbons (Fsp3) is 0.115. The first-order valence-electron chi connectivity index (χ1n) is 9.81. The molecule has 30 heavy (non-hydrogen) atoms. The Morgan fingerprint density at radius 3 is 2.30 bits per heavy atom. The fourth-order valence-corrected chi connectivity index (χ4v) is 3.86. The molecule has 0 saturated heterocycles. The highest BCUT2D eigenvalue weighted by Gasteiger charge is 2.11. The lowest BCUT2D eigenvalue weighted by molar-refractivity contribution is 0.306. The van der Waals surface area contributed by atoms with Crippen molar-refractivity contribution in [3.05, 3.63) is 84.6 Å². The first-order valence-corrected chi connectivity index (χ1v) is 9.81. The van der Waals surface area contributed by atoms with E-state index in [2.05, 4.69) is 35.3 Å². The van der Waals surface area contributed by atoms with Crippen LogP contribution in [0.3, 0.4) is 0 Å². The number of benzene rings is 4. The Morgan fingerprint density at radius 2 is 1.50 bits per heavy atom. The monoisotopic (exact) mass is 395 g/mol. The van der Waals surface area contributed by atoms with E-state index in [1.54, 1.807) is 14.2 Å². The Balaban J connectivity index is 1.63. The van der Waals surface area contributed by atoms with Crippen LogP contribution in [0.2, 0.25) is 0 Å². The van der Waals surface area contributed by atoms with Crippen LogP contribution in [0.5, 0.6) is 17.2 Å². The molecule has 0 saturated carbocycles. The van der Waals surface area contributed by atoms with E-state index in [9.17, 15) is 0 Å². The predicted molar refractivity (Wildman–Crippen MR) is 121 cm³/mol. The predicted octanol–water partition coefficient (Wildman–Crippen LogP) is 6.14. The van der Waals surface area contributed by atoms with Crippen molar-refractivity contribution < 1.29 is 14.2 Å². The van der Waals surface area contributed by atoms with E-state index in [-0.39, 0.29) is 0 Å². The van der Waals surface area contributed by atoms with Gasteiger partial charge in [0.25, 0.3) is 0 Å². The van der Waals surface area contributed by atoms with E-state index in [1.807, 2.05) is 48.7 Å². The van der Waals surface area contributed by atoms with Crippen LogP contribution in [0.1, 0.15) is 5.56 Å². The Kier molecular flexibility index (Phi) is 4.60. The van der Waals surface area contributed by atoms with Crippen molar-refractivity contribution in [1.82, 2.24) is 4.98 Å². The third-order valence-corrected chi connectivity index (χ3v) is 5.40. The van der Waals surface area contributed by atoms with E-state index in [1.165, 1.54) is 0 Å². The maximum Gasteiger partial charge on any atom is 0.161 e. The molecule has 0 spiro atoms. The molecular formula is C26H21NO3. The lowest BCUT2D eigenvalue weighted by Crippen LogP contribution is -1.95. The normalized spacial score (nSPS) is 11.1. The highest BCUT2D eigenvalue weighted by molar-refractivity contribution is 6.16. The molecule has 0 radical (unpaired) electrons. The minimum absolute atomic E-state index is 0.532. The molecule has 4 heteroatoms. The lowest BCUT2D eigenvalue weighted by atomic mass is 9.99. The van der Waals surface area contributed by atoms with Crippen LogP contribution in [0.15, 0.2) is 79.0 Å². The second-order valence-corrected chi connectivity index (χ2v) is 7.17. The van der Waals surface area contributed by atoms with Gasteiger partial charge in [-0.15, -0.1) is 0 Å². The van der Waals surface area contributed by atoms with Crippen LogP contribution in [0.25, 0.3) is 32.4 Å². The zero-order chi connectivity index (χ0) is 20.5. The van der Waals surface area contributed by atoms with Gasteiger partial charge in [-0.25, -0.2) is 0 Å². The third-order valence-electron chi connectivity index (χ3n) is 5.40. The summed E-state index contributed by atoms with van der Waals surface area (Å²) in [6, 6.07) is 24.5. The van der Waals surface area contributed by atoms with Crippen molar-refractivity contribution in [2.75, 3.05) is 14.2 Å². The molecule has 0 fully saturated rings. The maximum atomic E-state index is 6.04. The van der Waals surface area contributed by atoms with E-state index >= 15 is 0 Å². The second kappa shape index (κ2) is 7.56. The molecule has 148 valence electrons. The number of nitrogens with zero attached hydrogens (tertiary/aromatic N) is 1. The van der Waals surface area contributed by atoms with Gasteiger partial charge in [0, 0.05) is 17.0 Å². The number of methoxy groups -OCH3 is 2. The van der Waals surface area contributed by atoms with Gasteiger partial charge in [0.1, 0.15) is 12.4 Å². The van der Waals surface area contributed by atoms with Gasteiger partial charge in [-0.3, -0.25) is 4.98 Å². The summed E-state index contributed by atoms with van der Waals surface area (Å²) in [5.74, 6) is 2.25. The fourth-order valence-electron chi connectivity index (χ4n) is 3.86. The van der Waals surface area contributed by atoms with Gasteiger partial charge >= 0.3 is 0 Å². The summed E-state index contributed by atoms with van der Waals surface area (Å²) in [5.41, 5.74) is 2.08. The minimum Gasteiger partial charge on any atom is -0.493 e. The van der Waals surface area contributed by atoms with Crippen LogP contribution in [0.4, 0.5) is 0 Å². The molecule has 4 aromatic carbocycles. The van der Waals surface area contributed by atoms with Gasteiger partial charge in [0.15, 0.2) is 11.5 Å². The molecule has 0 bridgehead atoms. The van der Waals surface area contributed by atoms with Gasteiger partial charge < -0.3 is 14.2 Å². The molecular weight excluding hydrogens is 374 g/mol. The van der Waals surface area contributed by atoms with Gasteiger partial charge in [0.2, 0.25) is 0 Å². The number of aromatic nitrogens is 1. The van der Waals surface area contributed by atoms with Crippen LogP contribution in [-0.2, 0) is 6.61 Å². The molecule has 5 aromatic rings. The largest absolute Gasteiger partial charge is 0.493 e. The quantitative estimate of drug-likeness (QED) is 0.335. The number of pyridine rings is 1. The van der Waals surface area contributed by atoms with Gasteiger partial charge in [-0.05, 0) is 52.1 Å². The Labute approximate surface area is 174 Å². The second-order valence-electron chi connectivity index (χ2n) is 7.17. The van der Waals surface area contributed by atoms with Crippen LogP contribution in [-0.4, -0.2) is 19.2 Å². The highest BCUT2D eigenvalue weighted by atomic mass is 16.5. The number of rotatable bonds is 5. The molecule has 0 aliphatic heterocycles. The summed E-state index contributed by atoms with van der Waals surface area (Å²) >= 11 is 0. The van der Waals surface area contributed by atoms with E-state index in [4.69, 9.17) is 14.2 Å². The topological polar surface area (TPSA) is 40.6 Å². The number of hydrogen-bond acceptors (Lipinski definition) is 4. The molecule has 0 amide bonds.